The summed E-state index contributed by atoms with van der Waals surface area (Å²) in [4.78, 5) is 13.5. The van der Waals surface area contributed by atoms with E-state index in [0.29, 0.717) is 41.8 Å². The summed E-state index contributed by atoms with van der Waals surface area (Å²) < 4.78 is 27.8. The van der Waals surface area contributed by atoms with E-state index in [2.05, 4.69) is 35.8 Å². The van der Waals surface area contributed by atoms with Crippen molar-refractivity contribution in [1.29, 1.82) is 0 Å². The van der Waals surface area contributed by atoms with Crippen molar-refractivity contribution in [3.8, 4) is 22.6 Å². The van der Waals surface area contributed by atoms with Gasteiger partial charge in [0.2, 0.25) is 0 Å². The molecule has 12 nitrogen and oxygen atoms in total. The Hall–Kier alpha value is -3.84. The lowest BCUT2D eigenvalue weighted by molar-refractivity contribution is 0.111. The van der Waals surface area contributed by atoms with Gasteiger partial charge in [-0.15, -0.1) is 0 Å². The SMILES string of the molecule is Cn1ccc(-c2cnc(Nc3ccnc(-c4cnn(S(=O)(=O)C5CC5)c4)n3)cc2NCC2CCC(O)CC2)n1. The van der Waals surface area contributed by atoms with E-state index in [0.717, 1.165) is 53.3 Å². The predicted molar refractivity (Wildman–Crippen MR) is 147 cm³/mol. The molecule has 0 amide bonds. The van der Waals surface area contributed by atoms with Crippen molar-refractivity contribution in [1.82, 2.24) is 33.9 Å². The second kappa shape index (κ2) is 10.4. The molecule has 13 heteroatoms. The normalized spacial score (nSPS) is 19.6. The number of pyridine rings is 1. The van der Waals surface area contributed by atoms with Crippen molar-refractivity contribution in [3.05, 3.63) is 49.2 Å². The summed E-state index contributed by atoms with van der Waals surface area (Å²) in [6, 6.07) is 5.61. The molecule has 0 aliphatic heterocycles. The molecule has 204 valence electrons. The van der Waals surface area contributed by atoms with Crippen molar-refractivity contribution < 1.29 is 13.5 Å². The van der Waals surface area contributed by atoms with Crippen LogP contribution in [-0.2, 0) is 17.1 Å². The van der Waals surface area contributed by atoms with Gasteiger partial charge in [-0.2, -0.15) is 14.3 Å². The van der Waals surface area contributed by atoms with Crippen molar-refractivity contribution in [2.24, 2.45) is 13.0 Å². The van der Waals surface area contributed by atoms with E-state index in [4.69, 9.17) is 0 Å². The molecule has 4 aromatic rings. The number of anilines is 3. The fraction of sp³-hybridized carbons (Fsp3) is 0.423. The molecule has 2 aliphatic rings. The van der Waals surface area contributed by atoms with E-state index in [1.807, 2.05) is 25.4 Å². The number of nitrogens with one attached hydrogen (secondary N) is 2. The molecule has 0 radical (unpaired) electrons. The second-order valence-corrected chi connectivity index (χ2v) is 12.4. The largest absolute Gasteiger partial charge is 0.393 e. The van der Waals surface area contributed by atoms with Gasteiger partial charge in [0.15, 0.2) is 5.82 Å². The Morgan fingerprint density at radius 2 is 1.87 bits per heavy atom. The van der Waals surface area contributed by atoms with Crippen LogP contribution in [0, 0.1) is 5.92 Å². The molecule has 39 heavy (non-hydrogen) atoms. The van der Waals surface area contributed by atoms with Crippen LogP contribution in [0.2, 0.25) is 0 Å². The minimum Gasteiger partial charge on any atom is -0.393 e. The van der Waals surface area contributed by atoms with Crippen molar-refractivity contribution in [2.45, 2.75) is 49.9 Å². The minimum atomic E-state index is -3.46. The third-order valence-corrected chi connectivity index (χ3v) is 9.26. The molecular formula is C26H31N9O3S. The first-order valence-electron chi connectivity index (χ1n) is 13.2. The van der Waals surface area contributed by atoms with Gasteiger partial charge in [0.25, 0.3) is 10.0 Å². The van der Waals surface area contributed by atoms with E-state index in [-0.39, 0.29) is 11.4 Å². The average Bonchev–Trinajstić information content (AvgIpc) is 3.52. The molecule has 0 saturated heterocycles. The van der Waals surface area contributed by atoms with Crippen LogP contribution < -0.4 is 10.6 Å². The summed E-state index contributed by atoms with van der Waals surface area (Å²) in [5.74, 6) is 1.96. The number of aromatic nitrogens is 7. The van der Waals surface area contributed by atoms with E-state index in [1.54, 1.807) is 23.1 Å². The van der Waals surface area contributed by atoms with Crippen LogP contribution in [0.5, 0.6) is 0 Å². The molecule has 4 aromatic heterocycles. The summed E-state index contributed by atoms with van der Waals surface area (Å²) in [6.45, 7) is 0.793. The van der Waals surface area contributed by atoms with E-state index >= 15 is 0 Å². The van der Waals surface area contributed by atoms with Gasteiger partial charge in [0.1, 0.15) is 11.6 Å². The van der Waals surface area contributed by atoms with Crippen LogP contribution in [0.3, 0.4) is 0 Å². The number of aliphatic hydroxyl groups excluding tert-OH is 1. The quantitative estimate of drug-likeness (QED) is 0.284. The molecule has 0 atom stereocenters. The number of rotatable bonds is 9. The Morgan fingerprint density at radius 3 is 2.62 bits per heavy atom. The van der Waals surface area contributed by atoms with Crippen LogP contribution in [0.4, 0.5) is 17.3 Å². The van der Waals surface area contributed by atoms with Gasteiger partial charge in [-0.05, 0) is 56.6 Å². The number of aliphatic hydroxyl groups is 1. The zero-order valence-electron chi connectivity index (χ0n) is 21.6. The Kier molecular flexibility index (Phi) is 6.77. The predicted octanol–water partition coefficient (Wildman–Crippen LogP) is 3.18. The van der Waals surface area contributed by atoms with Crippen LogP contribution in [-0.4, -0.2) is 65.3 Å². The zero-order chi connectivity index (χ0) is 27.0. The Morgan fingerprint density at radius 1 is 1.05 bits per heavy atom. The van der Waals surface area contributed by atoms with Crippen LogP contribution >= 0.6 is 0 Å². The summed E-state index contributed by atoms with van der Waals surface area (Å²) in [5, 5.41) is 24.9. The van der Waals surface area contributed by atoms with Crippen LogP contribution in [0.15, 0.2) is 49.2 Å². The van der Waals surface area contributed by atoms with E-state index < -0.39 is 10.0 Å². The standard InChI is InChI=1S/C26H31N9O3S/c1-34-11-9-22(33-34)21-15-29-25(12-23(21)28-13-17-2-4-19(36)5-3-17)31-24-8-10-27-26(32-24)18-14-30-35(16-18)39(37,38)20-6-7-20/h8-12,14-17,19-20,36H,2-7,13H2,1H3,(H2,27,28,29,31,32). The summed E-state index contributed by atoms with van der Waals surface area (Å²) in [6.07, 6.45) is 13.0. The second-order valence-electron chi connectivity index (χ2n) is 10.3. The van der Waals surface area contributed by atoms with Gasteiger partial charge in [-0.1, -0.05) is 0 Å². The summed E-state index contributed by atoms with van der Waals surface area (Å²) >= 11 is 0. The molecule has 6 rings (SSSR count). The van der Waals surface area contributed by atoms with Gasteiger partial charge in [-0.25, -0.2) is 23.4 Å². The van der Waals surface area contributed by atoms with Gasteiger partial charge < -0.3 is 15.7 Å². The molecule has 3 N–H and O–H groups in total. The first-order valence-corrected chi connectivity index (χ1v) is 14.7. The summed E-state index contributed by atoms with van der Waals surface area (Å²) in [7, 11) is -1.58. The first-order chi connectivity index (χ1) is 18.8. The fourth-order valence-electron chi connectivity index (χ4n) is 4.81. The number of hydrogen-bond acceptors (Lipinski definition) is 10. The highest BCUT2D eigenvalue weighted by Crippen LogP contribution is 2.32. The summed E-state index contributed by atoms with van der Waals surface area (Å²) in [5.41, 5.74) is 3.13. The third-order valence-electron chi connectivity index (χ3n) is 7.23. The zero-order valence-corrected chi connectivity index (χ0v) is 22.4. The number of nitrogens with zero attached hydrogens (tertiary/aromatic N) is 7. The molecule has 0 bridgehead atoms. The lowest BCUT2D eigenvalue weighted by Gasteiger charge is -2.26. The highest BCUT2D eigenvalue weighted by atomic mass is 32.2. The maximum atomic E-state index is 12.5. The Labute approximate surface area is 226 Å². The molecule has 4 heterocycles. The average molecular weight is 550 g/mol. The molecule has 0 unspecified atom stereocenters. The molecule has 0 aromatic carbocycles. The van der Waals surface area contributed by atoms with E-state index in [1.165, 1.54) is 12.4 Å². The monoisotopic (exact) mass is 549 g/mol. The third kappa shape index (κ3) is 5.64. The van der Waals surface area contributed by atoms with Gasteiger partial charge in [0.05, 0.1) is 35.0 Å². The maximum Gasteiger partial charge on any atom is 0.256 e. The number of hydrogen-bond donors (Lipinski definition) is 3. The van der Waals surface area contributed by atoms with Crippen molar-refractivity contribution >= 4 is 27.3 Å². The topological polar surface area (TPSA) is 153 Å². The van der Waals surface area contributed by atoms with E-state index in [9.17, 15) is 13.5 Å². The van der Waals surface area contributed by atoms with Crippen molar-refractivity contribution in [2.75, 3.05) is 17.2 Å². The minimum absolute atomic E-state index is 0.184. The fourth-order valence-corrected chi connectivity index (χ4v) is 6.29. The Bertz CT molecular complexity index is 1570. The lowest BCUT2D eigenvalue weighted by Crippen LogP contribution is -2.23. The van der Waals surface area contributed by atoms with Gasteiger partial charge >= 0.3 is 0 Å². The van der Waals surface area contributed by atoms with Crippen LogP contribution in [0.25, 0.3) is 22.6 Å². The highest BCUT2D eigenvalue weighted by Gasteiger charge is 2.37. The molecule has 2 fully saturated rings. The molecular weight excluding hydrogens is 518 g/mol. The highest BCUT2D eigenvalue weighted by molar-refractivity contribution is 7.90. The first kappa shape index (κ1) is 25.4. The van der Waals surface area contributed by atoms with Crippen LogP contribution in [0.1, 0.15) is 38.5 Å². The Balaban J connectivity index is 1.22. The van der Waals surface area contributed by atoms with Gasteiger partial charge in [-0.3, -0.25) is 4.68 Å². The lowest BCUT2D eigenvalue weighted by atomic mass is 9.87. The van der Waals surface area contributed by atoms with Crippen molar-refractivity contribution in [3.63, 3.8) is 0 Å². The van der Waals surface area contributed by atoms with Gasteiger partial charge in [0, 0.05) is 49.5 Å². The molecule has 0 spiro atoms. The smallest absolute Gasteiger partial charge is 0.256 e. The molecule has 2 aliphatic carbocycles. The molecule has 2 saturated carbocycles. The maximum absolute atomic E-state index is 12.5. The number of aryl methyl sites for hydroxylation is 1.